The van der Waals surface area contributed by atoms with E-state index in [2.05, 4.69) is 13.8 Å². The molecule has 2 fully saturated rings. The number of fused-ring (bicyclic) bond motifs is 1. The lowest BCUT2D eigenvalue weighted by Gasteiger charge is -2.59. The Labute approximate surface area is 64.0 Å². The molecule has 0 radical (unpaired) electrons. The molecule has 2 aliphatic rings. The fourth-order valence-electron chi connectivity index (χ4n) is 2.86. The largest absolute Gasteiger partial charge is 0.0591 e. The fourth-order valence-corrected chi connectivity index (χ4v) is 2.86. The third kappa shape index (κ3) is 0.627. The van der Waals surface area contributed by atoms with Crippen molar-refractivity contribution < 1.29 is 0 Å². The van der Waals surface area contributed by atoms with E-state index in [4.69, 9.17) is 0 Å². The van der Waals surface area contributed by atoms with Crippen molar-refractivity contribution in [3.63, 3.8) is 0 Å². The molecule has 0 spiro atoms. The Morgan fingerprint density at radius 2 is 1.10 bits per heavy atom. The van der Waals surface area contributed by atoms with Crippen molar-refractivity contribution in [2.45, 2.75) is 52.4 Å². The van der Waals surface area contributed by atoms with Crippen LogP contribution in [-0.4, -0.2) is 0 Å². The summed E-state index contributed by atoms with van der Waals surface area (Å²) in [6.07, 6.45) is 9.00. The van der Waals surface area contributed by atoms with Crippen molar-refractivity contribution in [3.8, 4) is 0 Å². The summed E-state index contributed by atoms with van der Waals surface area (Å²) in [5.74, 6) is 0. The molecule has 2 saturated carbocycles. The highest BCUT2D eigenvalue weighted by molar-refractivity contribution is 5.03. The van der Waals surface area contributed by atoms with E-state index in [1.165, 1.54) is 38.5 Å². The van der Waals surface area contributed by atoms with Crippen molar-refractivity contribution in [1.82, 2.24) is 0 Å². The van der Waals surface area contributed by atoms with Crippen LogP contribution in [0.5, 0.6) is 0 Å². The average molecular weight is 138 g/mol. The van der Waals surface area contributed by atoms with Crippen LogP contribution in [0.4, 0.5) is 0 Å². The Morgan fingerprint density at radius 3 is 1.30 bits per heavy atom. The van der Waals surface area contributed by atoms with Crippen LogP contribution in [0.2, 0.25) is 0 Å². The molecule has 0 heteroatoms. The van der Waals surface area contributed by atoms with Gasteiger partial charge >= 0.3 is 0 Å². The summed E-state index contributed by atoms with van der Waals surface area (Å²) in [5.41, 5.74) is 1.51. The summed E-state index contributed by atoms with van der Waals surface area (Å²) in [7, 11) is 0. The second kappa shape index (κ2) is 1.78. The first-order valence-corrected chi connectivity index (χ1v) is 4.66. The monoisotopic (exact) mass is 138 g/mol. The van der Waals surface area contributed by atoms with E-state index in [0.29, 0.717) is 0 Å². The first kappa shape index (κ1) is 6.69. The highest BCUT2D eigenvalue weighted by atomic mass is 14.6. The molecule has 2 atom stereocenters. The molecule has 2 rings (SSSR count). The first-order chi connectivity index (χ1) is 4.66. The Morgan fingerprint density at radius 1 is 0.700 bits per heavy atom. The molecule has 0 bridgehead atoms. The summed E-state index contributed by atoms with van der Waals surface area (Å²) in [5, 5.41) is 0. The highest BCUT2D eigenvalue weighted by Crippen LogP contribution is 2.63. The van der Waals surface area contributed by atoms with Gasteiger partial charge in [-0.1, -0.05) is 26.7 Å². The lowest BCUT2D eigenvalue weighted by atomic mass is 9.46. The van der Waals surface area contributed by atoms with E-state index in [1.807, 2.05) is 0 Å². The van der Waals surface area contributed by atoms with Crippen molar-refractivity contribution in [3.05, 3.63) is 0 Å². The molecule has 0 aliphatic heterocycles. The molecular weight excluding hydrogens is 120 g/mol. The molecule has 0 saturated heterocycles. The molecule has 0 aromatic carbocycles. The van der Waals surface area contributed by atoms with Crippen LogP contribution in [0.25, 0.3) is 0 Å². The molecule has 0 aromatic rings. The van der Waals surface area contributed by atoms with Gasteiger partial charge in [-0.25, -0.2) is 0 Å². The van der Waals surface area contributed by atoms with Gasteiger partial charge in [0.1, 0.15) is 0 Å². The van der Waals surface area contributed by atoms with Crippen LogP contribution in [-0.2, 0) is 0 Å². The van der Waals surface area contributed by atoms with Crippen molar-refractivity contribution in [1.29, 1.82) is 0 Å². The topological polar surface area (TPSA) is 0 Å². The Hall–Kier alpha value is 0. The van der Waals surface area contributed by atoms with E-state index in [1.54, 1.807) is 0 Å². The molecule has 0 heterocycles. The minimum atomic E-state index is 0.755. The van der Waals surface area contributed by atoms with Gasteiger partial charge < -0.3 is 0 Å². The quantitative estimate of drug-likeness (QED) is 0.481. The van der Waals surface area contributed by atoms with Crippen LogP contribution < -0.4 is 0 Å². The Bertz CT molecular complexity index is 132. The zero-order chi connectivity index (χ0) is 7.24. The molecule has 0 amide bonds. The van der Waals surface area contributed by atoms with Gasteiger partial charge in [0.15, 0.2) is 0 Å². The van der Waals surface area contributed by atoms with E-state index in [0.717, 1.165) is 10.8 Å². The summed E-state index contributed by atoms with van der Waals surface area (Å²) in [6, 6.07) is 0. The normalized spacial score (nSPS) is 53.4. The van der Waals surface area contributed by atoms with Gasteiger partial charge in [0, 0.05) is 0 Å². The maximum Gasteiger partial charge on any atom is -0.0272 e. The average Bonchev–Trinajstić information content (AvgIpc) is 1.92. The maximum atomic E-state index is 2.50. The summed E-state index contributed by atoms with van der Waals surface area (Å²) in [4.78, 5) is 0. The van der Waals surface area contributed by atoms with Crippen LogP contribution in [0.3, 0.4) is 0 Å². The van der Waals surface area contributed by atoms with Crippen LogP contribution >= 0.6 is 0 Å². The summed E-state index contributed by atoms with van der Waals surface area (Å²) >= 11 is 0. The first-order valence-electron chi connectivity index (χ1n) is 4.66. The van der Waals surface area contributed by atoms with E-state index < -0.39 is 0 Å². The lowest BCUT2D eigenvalue weighted by molar-refractivity contribution is -0.0880. The van der Waals surface area contributed by atoms with Gasteiger partial charge in [-0.05, 0) is 36.5 Å². The summed E-state index contributed by atoms with van der Waals surface area (Å²) in [6.45, 7) is 4.99. The number of hydrogen-bond acceptors (Lipinski definition) is 0. The number of hydrogen-bond donors (Lipinski definition) is 0. The minimum absolute atomic E-state index is 0.755. The third-order valence-corrected chi connectivity index (χ3v) is 4.39. The van der Waals surface area contributed by atoms with Gasteiger partial charge in [-0.2, -0.15) is 0 Å². The van der Waals surface area contributed by atoms with Crippen LogP contribution in [0.15, 0.2) is 0 Å². The van der Waals surface area contributed by atoms with Crippen molar-refractivity contribution >= 4 is 0 Å². The van der Waals surface area contributed by atoms with Crippen molar-refractivity contribution in [2.24, 2.45) is 10.8 Å². The smallest absolute Gasteiger partial charge is 0.0272 e. The van der Waals surface area contributed by atoms with Crippen molar-refractivity contribution in [2.75, 3.05) is 0 Å². The van der Waals surface area contributed by atoms with Gasteiger partial charge in [0.2, 0.25) is 0 Å². The van der Waals surface area contributed by atoms with Crippen LogP contribution in [0.1, 0.15) is 52.4 Å². The second-order valence-electron chi connectivity index (χ2n) is 4.83. The van der Waals surface area contributed by atoms with Crippen LogP contribution in [0, 0.1) is 10.8 Å². The molecule has 0 N–H and O–H groups in total. The zero-order valence-corrected chi connectivity index (χ0v) is 7.24. The third-order valence-electron chi connectivity index (χ3n) is 4.39. The predicted octanol–water partition coefficient (Wildman–Crippen LogP) is 3.37. The molecule has 0 nitrogen and oxygen atoms in total. The molecular formula is C10H18. The standard InChI is InChI=1S/C10H18/c1-9-5-3-4-6-10(9,2)8-7-9/h3-8H2,1-2H3. The summed E-state index contributed by atoms with van der Waals surface area (Å²) < 4.78 is 0. The zero-order valence-electron chi connectivity index (χ0n) is 7.24. The van der Waals surface area contributed by atoms with Gasteiger partial charge in [-0.15, -0.1) is 0 Å². The lowest BCUT2D eigenvalue weighted by Crippen LogP contribution is -2.49. The molecule has 2 unspecified atom stereocenters. The molecule has 0 aromatic heterocycles. The SMILES string of the molecule is CC12CCCCC1(C)CC2. The second-order valence-corrected chi connectivity index (χ2v) is 4.83. The highest BCUT2D eigenvalue weighted by Gasteiger charge is 2.52. The van der Waals surface area contributed by atoms with Gasteiger partial charge in [0.05, 0.1) is 0 Å². The minimum Gasteiger partial charge on any atom is -0.0591 e. The molecule has 10 heavy (non-hydrogen) atoms. The molecule has 2 aliphatic carbocycles. The molecule has 58 valence electrons. The predicted molar refractivity (Wildman–Crippen MR) is 43.9 cm³/mol. The Kier molecular flexibility index (Phi) is 1.19. The fraction of sp³-hybridized carbons (Fsp3) is 1.00. The van der Waals surface area contributed by atoms with E-state index in [-0.39, 0.29) is 0 Å². The Balaban J connectivity index is 2.17. The van der Waals surface area contributed by atoms with Gasteiger partial charge in [0.25, 0.3) is 0 Å². The van der Waals surface area contributed by atoms with E-state index >= 15 is 0 Å². The van der Waals surface area contributed by atoms with E-state index in [9.17, 15) is 0 Å². The maximum absolute atomic E-state index is 2.50. The number of rotatable bonds is 0. The van der Waals surface area contributed by atoms with Gasteiger partial charge in [-0.3, -0.25) is 0 Å².